The molecule has 0 heterocycles. The van der Waals surface area contributed by atoms with Gasteiger partial charge < -0.3 is 5.11 Å². The molecule has 1 aromatic carbocycles. The summed E-state index contributed by atoms with van der Waals surface area (Å²) >= 11 is 3.09. The molecule has 5 heteroatoms. The van der Waals surface area contributed by atoms with Crippen LogP contribution in [0.25, 0.3) is 0 Å². The molecule has 0 fully saturated rings. The molecule has 1 N–H and O–H groups in total. The first-order valence-corrected chi connectivity index (χ1v) is 6.50. The molecule has 0 aliphatic rings. The highest BCUT2D eigenvalue weighted by molar-refractivity contribution is 9.10. The average Bonchev–Trinajstić information content (AvgIpc) is 2.30. The van der Waals surface area contributed by atoms with Crippen molar-refractivity contribution in [3.63, 3.8) is 0 Å². The van der Waals surface area contributed by atoms with Gasteiger partial charge in [-0.25, -0.2) is 4.39 Å². The monoisotopic (exact) mass is 317 g/mol. The van der Waals surface area contributed by atoms with Gasteiger partial charge in [-0.05, 0) is 54.0 Å². The third-order valence-corrected chi connectivity index (χ3v) is 3.70. The maximum absolute atomic E-state index is 13.4. The van der Waals surface area contributed by atoms with Gasteiger partial charge in [-0.2, -0.15) is 0 Å². The van der Waals surface area contributed by atoms with Gasteiger partial charge in [0.1, 0.15) is 11.4 Å². The molecule has 0 aliphatic carbocycles. The number of halogens is 2. The number of carbonyl (C=O) groups is 1. The number of carboxylic acid groups (broad SMARTS) is 1. The summed E-state index contributed by atoms with van der Waals surface area (Å²) in [6, 6.07) is 4.84. The van der Waals surface area contributed by atoms with Crippen molar-refractivity contribution < 1.29 is 14.3 Å². The Hall–Kier alpha value is -0.940. The lowest BCUT2D eigenvalue weighted by Crippen LogP contribution is -2.49. The molecule has 0 spiro atoms. The molecule has 0 atom stereocenters. The molecule has 0 aromatic heterocycles. The highest BCUT2D eigenvalue weighted by Gasteiger charge is 2.33. The third kappa shape index (κ3) is 3.29. The van der Waals surface area contributed by atoms with Gasteiger partial charge in [0.2, 0.25) is 0 Å². The van der Waals surface area contributed by atoms with Crippen LogP contribution in [0.1, 0.15) is 26.3 Å². The van der Waals surface area contributed by atoms with Crippen LogP contribution in [0.2, 0.25) is 0 Å². The summed E-state index contributed by atoms with van der Waals surface area (Å²) in [5.41, 5.74) is -0.218. The summed E-state index contributed by atoms with van der Waals surface area (Å²) in [5, 5.41) is 9.20. The first kappa shape index (κ1) is 15.1. The van der Waals surface area contributed by atoms with E-state index >= 15 is 0 Å². The van der Waals surface area contributed by atoms with Crippen molar-refractivity contribution in [1.29, 1.82) is 0 Å². The van der Waals surface area contributed by atoms with E-state index in [9.17, 15) is 14.3 Å². The Bertz CT molecular complexity index is 449. The summed E-state index contributed by atoms with van der Waals surface area (Å²) in [6.07, 6.45) is 0. The molecule has 0 saturated heterocycles. The number of hydrogen-bond acceptors (Lipinski definition) is 2. The maximum atomic E-state index is 13.4. The number of hydrogen-bond donors (Lipinski definition) is 1. The second-order valence-electron chi connectivity index (χ2n) is 4.63. The van der Waals surface area contributed by atoms with E-state index in [2.05, 4.69) is 15.9 Å². The van der Waals surface area contributed by atoms with Crippen LogP contribution in [0.15, 0.2) is 22.7 Å². The van der Waals surface area contributed by atoms with Crippen LogP contribution in [0.5, 0.6) is 0 Å². The minimum absolute atomic E-state index is 0.336. The molecule has 18 heavy (non-hydrogen) atoms. The zero-order valence-electron chi connectivity index (χ0n) is 10.7. The molecule has 0 radical (unpaired) electrons. The quantitative estimate of drug-likeness (QED) is 0.906. The molecular formula is C13H17BrFNO2. The highest BCUT2D eigenvalue weighted by Crippen LogP contribution is 2.21. The minimum Gasteiger partial charge on any atom is -0.480 e. The summed E-state index contributed by atoms with van der Waals surface area (Å²) in [7, 11) is 0. The maximum Gasteiger partial charge on any atom is 0.323 e. The Balaban J connectivity index is 2.93. The van der Waals surface area contributed by atoms with E-state index in [0.717, 1.165) is 5.56 Å². The molecule has 0 amide bonds. The molecule has 0 bridgehead atoms. The predicted octanol–water partition coefficient (Wildman–Crippen LogP) is 3.27. The van der Waals surface area contributed by atoms with Crippen LogP contribution in [0, 0.1) is 5.82 Å². The van der Waals surface area contributed by atoms with Gasteiger partial charge in [0.05, 0.1) is 4.47 Å². The molecule has 1 aromatic rings. The lowest BCUT2D eigenvalue weighted by Gasteiger charge is -2.34. The van der Waals surface area contributed by atoms with E-state index in [4.69, 9.17) is 0 Å². The Morgan fingerprint density at radius 2 is 2.11 bits per heavy atom. The zero-order valence-corrected chi connectivity index (χ0v) is 12.3. The van der Waals surface area contributed by atoms with Crippen molar-refractivity contribution in [3.05, 3.63) is 34.1 Å². The lowest BCUT2D eigenvalue weighted by atomic mass is 10.0. The highest BCUT2D eigenvalue weighted by atomic mass is 79.9. The van der Waals surface area contributed by atoms with E-state index in [1.165, 1.54) is 6.07 Å². The van der Waals surface area contributed by atoms with Crippen molar-refractivity contribution in [1.82, 2.24) is 4.90 Å². The summed E-state index contributed by atoms with van der Waals surface area (Å²) in [6.45, 7) is 6.17. The van der Waals surface area contributed by atoms with Crippen LogP contribution >= 0.6 is 15.9 Å². The smallest absolute Gasteiger partial charge is 0.323 e. The fourth-order valence-electron chi connectivity index (χ4n) is 1.70. The minimum atomic E-state index is -0.974. The largest absolute Gasteiger partial charge is 0.480 e. The molecule has 3 nitrogen and oxygen atoms in total. The second-order valence-corrected chi connectivity index (χ2v) is 5.48. The van der Waals surface area contributed by atoms with E-state index in [1.54, 1.807) is 30.9 Å². The van der Waals surface area contributed by atoms with Crippen LogP contribution in [0.3, 0.4) is 0 Å². The lowest BCUT2D eigenvalue weighted by molar-refractivity contribution is -0.149. The van der Waals surface area contributed by atoms with Gasteiger partial charge in [-0.3, -0.25) is 9.69 Å². The Morgan fingerprint density at radius 3 is 2.56 bits per heavy atom. The number of aliphatic carboxylic acids is 1. The Labute approximate surface area is 115 Å². The normalized spacial score (nSPS) is 11.9. The third-order valence-electron chi connectivity index (χ3n) is 3.05. The van der Waals surface area contributed by atoms with E-state index < -0.39 is 11.5 Å². The number of rotatable bonds is 5. The van der Waals surface area contributed by atoms with Gasteiger partial charge >= 0.3 is 5.97 Å². The van der Waals surface area contributed by atoms with Gasteiger partial charge in [0, 0.05) is 6.54 Å². The summed E-state index contributed by atoms with van der Waals surface area (Å²) in [5.74, 6) is -1.22. The van der Waals surface area contributed by atoms with Gasteiger partial charge in [0.25, 0.3) is 0 Å². The van der Waals surface area contributed by atoms with Gasteiger partial charge in [-0.1, -0.05) is 13.0 Å². The second kappa shape index (κ2) is 5.80. The Kier molecular flexibility index (Phi) is 4.87. The first-order chi connectivity index (χ1) is 8.28. The van der Waals surface area contributed by atoms with Crippen molar-refractivity contribution in [2.45, 2.75) is 32.9 Å². The number of benzene rings is 1. The molecule has 0 unspecified atom stereocenters. The van der Waals surface area contributed by atoms with Crippen LogP contribution in [-0.4, -0.2) is 28.1 Å². The van der Waals surface area contributed by atoms with E-state index in [-0.39, 0.29) is 5.82 Å². The number of carboxylic acids is 1. The summed E-state index contributed by atoms with van der Waals surface area (Å²) < 4.78 is 13.8. The molecular weight excluding hydrogens is 301 g/mol. The van der Waals surface area contributed by atoms with Crippen LogP contribution in [0.4, 0.5) is 4.39 Å². The fraction of sp³-hybridized carbons (Fsp3) is 0.462. The molecule has 0 saturated carbocycles. The fourth-order valence-corrected chi connectivity index (χ4v) is 1.94. The SMILES string of the molecule is CCN(Cc1ccc(Br)c(F)c1)C(C)(C)C(=O)O. The van der Waals surface area contributed by atoms with Gasteiger partial charge in [-0.15, -0.1) is 0 Å². The van der Waals surface area contributed by atoms with Crippen molar-refractivity contribution in [3.8, 4) is 0 Å². The van der Waals surface area contributed by atoms with Crippen molar-refractivity contribution >= 4 is 21.9 Å². The topological polar surface area (TPSA) is 40.5 Å². The summed E-state index contributed by atoms with van der Waals surface area (Å²) in [4.78, 5) is 13.0. The number of nitrogens with zero attached hydrogens (tertiary/aromatic N) is 1. The van der Waals surface area contributed by atoms with Crippen molar-refractivity contribution in [2.75, 3.05) is 6.54 Å². The van der Waals surface area contributed by atoms with Gasteiger partial charge in [0.15, 0.2) is 0 Å². The number of likely N-dealkylation sites (N-methyl/N-ethyl adjacent to an activating group) is 1. The van der Waals surface area contributed by atoms with Crippen LogP contribution < -0.4 is 0 Å². The first-order valence-electron chi connectivity index (χ1n) is 5.71. The van der Waals surface area contributed by atoms with Crippen LogP contribution in [-0.2, 0) is 11.3 Å². The van der Waals surface area contributed by atoms with E-state index in [1.807, 2.05) is 6.92 Å². The predicted molar refractivity (Wildman–Crippen MR) is 71.9 cm³/mol. The Morgan fingerprint density at radius 1 is 1.50 bits per heavy atom. The molecule has 0 aliphatic heterocycles. The average molecular weight is 318 g/mol. The standard InChI is InChI=1S/C13H17BrFNO2/c1-4-16(13(2,3)12(17)18)8-9-5-6-10(14)11(15)7-9/h5-7H,4,8H2,1-3H3,(H,17,18). The molecule has 100 valence electrons. The van der Waals surface area contributed by atoms with Crippen molar-refractivity contribution in [2.24, 2.45) is 0 Å². The zero-order chi connectivity index (χ0) is 13.9. The molecule has 1 rings (SSSR count). The van der Waals surface area contributed by atoms with E-state index in [0.29, 0.717) is 17.6 Å².